The third-order valence-corrected chi connectivity index (χ3v) is 3.38. The molecule has 0 aliphatic carbocycles. The van der Waals surface area contributed by atoms with Crippen LogP contribution in [0, 0.1) is 5.92 Å². The van der Waals surface area contributed by atoms with Gasteiger partial charge in [0.2, 0.25) is 0 Å². The van der Waals surface area contributed by atoms with Crippen molar-refractivity contribution >= 4 is 17.7 Å². The van der Waals surface area contributed by atoms with Crippen LogP contribution < -0.4 is 10.6 Å². The molecule has 1 fully saturated rings. The molecule has 1 aliphatic rings. The number of carbonyl (C=O) groups is 2. The minimum absolute atomic E-state index is 0.253. The summed E-state index contributed by atoms with van der Waals surface area (Å²) in [5, 5.41) is 23.6. The maximum atomic E-state index is 11.8. The molecule has 0 saturated carbocycles. The Balaban J connectivity index is 1.87. The molecule has 2 amide bonds. The molecule has 7 nitrogen and oxygen atoms in total. The van der Waals surface area contributed by atoms with Crippen LogP contribution in [0.4, 0.5) is 10.5 Å². The van der Waals surface area contributed by atoms with Crippen molar-refractivity contribution in [2.24, 2.45) is 5.92 Å². The lowest BCUT2D eigenvalue weighted by atomic mass is 10.0. The fourth-order valence-electron chi connectivity index (χ4n) is 2.15. The first-order valence-electron chi connectivity index (χ1n) is 6.75. The number of urea groups is 1. The number of ether oxygens (including phenoxy) is 1. The molecule has 7 heteroatoms. The van der Waals surface area contributed by atoms with E-state index in [1.54, 1.807) is 0 Å². The predicted molar refractivity (Wildman–Crippen MR) is 75.6 cm³/mol. The van der Waals surface area contributed by atoms with Crippen molar-refractivity contribution in [1.82, 2.24) is 5.32 Å². The third kappa shape index (κ3) is 4.35. The summed E-state index contributed by atoms with van der Waals surface area (Å²) in [6.45, 7) is 1.99. The Morgan fingerprint density at radius 3 is 2.67 bits per heavy atom. The van der Waals surface area contributed by atoms with Crippen LogP contribution >= 0.6 is 0 Å². The van der Waals surface area contributed by atoms with Gasteiger partial charge in [0, 0.05) is 25.4 Å². The molecule has 21 heavy (non-hydrogen) atoms. The first kappa shape index (κ1) is 15.1. The van der Waals surface area contributed by atoms with Gasteiger partial charge in [0.25, 0.3) is 0 Å². The lowest BCUT2D eigenvalue weighted by molar-refractivity contribution is 0.0670. The van der Waals surface area contributed by atoms with Gasteiger partial charge in [-0.1, -0.05) is 0 Å². The maximum Gasteiger partial charge on any atom is 0.339 e. The van der Waals surface area contributed by atoms with E-state index in [0.717, 1.165) is 12.8 Å². The molecule has 4 N–H and O–H groups in total. The van der Waals surface area contributed by atoms with Gasteiger partial charge in [-0.25, -0.2) is 9.59 Å². The van der Waals surface area contributed by atoms with Crippen molar-refractivity contribution in [3.05, 3.63) is 23.8 Å². The summed E-state index contributed by atoms with van der Waals surface area (Å²) >= 11 is 0. The van der Waals surface area contributed by atoms with Gasteiger partial charge >= 0.3 is 12.0 Å². The zero-order valence-corrected chi connectivity index (χ0v) is 11.5. The quantitative estimate of drug-likeness (QED) is 0.631. The van der Waals surface area contributed by atoms with Crippen LogP contribution in [0.25, 0.3) is 0 Å². The lowest BCUT2D eigenvalue weighted by Gasteiger charge is -2.22. The number of carboxylic acid groups (broad SMARTS) is 1. The number of hydrogen-bond acceptors (Lipinski definition) is 4. The Hall–Kier alpha value is -2.28. The van der Waals surface area contributed by atoms with Crippen LogP contribution in [0.1, 0.15) is 23.2 Å². The lowest BCUT2D eigenvalue weighted by Crippen LogP contribution is -2.35. The SMILES string of the molecule is O=C(NCC1CCOCC1)Nc1ccc(O)c(C(=O)O)c1. The topological polar surface area (TPSA) is 108 Å². The van der Waals surface area contributed by atoms with Gasteiger partial charge in [-0.3, -0.25) is 0 Å². The third-order valence-electron chi connectivity index (χ3n) is 3.38. The number of amides is 2. The van der Waals surface area contributed by atoms with E-state index >= 15 is 0 Å². The number of anilines is 1. The molecule has 0 bridgehead atoms. The Bertz CT molecular complexity index is 526. The molecule has 1 heterocycles. The first-order valence-corrected chi connectivity index (χ1v) is 6.75. The predicted octanol–water partition coefficient (Wildman–Crippen LogP) is 1.64. The first-order chi connectivity index (χ1) is 10.1. The van der Waals surface area contributed by atoms with Gasteiger partial charge < -0.3 is 25.6 Å². The molecule has 1 aliphatic heterocycles. The van der Waals surface area contributed by atoms with Gasteiger partial charge in [0.1, 0.15) is 11.3 Å². The van der Waals surface area contributed by atoms with Gasteiger partial charge in [-0.05, 0) is 37.0 Å². The van der Waals surface area contributed by atoms with Crippen molar-refractivity contribution in [3.63, 3.8) is 0 Å². The summed E-state index contributed by atoms with van der Waals surface area (Å²) in [5.41, 5.74) is 0.0620. The van der Waals surface area contributed by atoms with E-state index in [2.05, 4.69) is 10.6 Å². The van der Waals surface area contributed by atoms with Crippen LogP contribution in [0.2, 0.25) is 0 Å². The van der Waals surface area contributed by atoms with Gasteiger partial charge in [0.05, 0.1) is 0 Å². The molecule has 0 spiro atoms. The molecule has 1 aromatic rings. The molecule has 1 aromatic carbocycles. The number of carbonyl (C=O) groups excluding carboxylic acids is 1. The summed E-state index contributed by atoms with van der Waals surface area (Å²) in [5.74, 6) is -1.19. The number of aromatic carboxylic acids is 1. The zero-order chi connectivity index (χ0) is 15.2. The Morgan fingerprint density at radius 1 is 1.29 bits per heavy atom. The second-order valence-electron chi connectivity index (χ2n) is 4.93. The fraction of sp³-hybridized carbons (Fsp3) is 0.429. The maximum absolute atomic E-state index is 11.8. The molecule has 2 rings (SSSR count). The molecular weight excluding hydrogens is 276 g/mol. The molecule has 1 saturated heterocycles. The van der Waals surface area contributed by atoms with E-state index in [1.807, 2.05) is 0 Å². The van der Waals surface area contributed by atoms with Gasteiger partial charge in [-0.2, -0.15) is 0 Å². The zero-order valence-electron chi connectivity index (χ0n) is 11.5. The summed E-state index contributed by atoms with van der Waals surface area (Å²) in [4.78, 5) is 22.6. The van der Waals surface area contributed by atoms with Gasteiger partial charge in [-0.15, -0.1) is 0 Å². The van der Waals surface area contributed by atoms with Crippen molar-refractivity contribution in [1.29, 1.82) is 0 Å². The van der Waals surface area contributed by atoms with E-state index in [0.29, 0.717) is 31.4 Å². The van der Waals surface area contributed by atoms with Crippen molar-refractivity contribution < 1.29 is 24.5 Å². The van der Waals surface area contributed by atoms with Crippen LogP contribution in [0.5, 0.6) is 5.75 Å². The molecule has 0 aromatic heterocycles. The summed E-state index contributed by atoms with van der Waals surface area (Å²) in [6.07, 6.45) is 1.84. The van der Waals surface area contributed by atoms with E-state index in [9.17, 15) is 14.7 Å². The van der Waals surface area contributed by atoms with E-state index < -0.39 is 12.0 Å². The monoisotopic (exact) mass is 294 g/mol. The number of nitrogens with one attached hydrogen (secondary N) is 2. The smallest absolute Gasteiger partial charge is 0.339 e. The van der Waals surface area contributed by atoms with Gasteiger partial charge in [0.15, 0.2) is 0 Å². The standard InChI is InChI=1S/C14H18N2O5/c17-12-2-1-10(7-11(12)13(18)19)16-14(20)15-8-9-3-5-21-6-4-9/h1-2,7,9,17H,3-6,8H2,(H,18,19)(H2,15,16,20). The Morgan fingerprint density at radius 2 is 2.00 bits per heavy atom. The molecular formula is C14H18N2O5. The second kappa shape index (κ2) is 6.94. The van der Waals surface area contributed by atoms with Crippen LogP contribution in [0.3, 0.4) is 0 Å². The number of benzene rings is 1. The molecule has 0 atom stereocenters. The molecule has 114 valence electrons. The Labute approximate surface area is 121 Å². The highest BCUT2D eigenvalue weighted by molar-refractivity contribution is 5.95. The highest BCUT2D eigenvalue weighted by Crippen LogP contribution is 2.21. The normalized spacial score (nSPS) is 15.4. The highest BCUT2D eigenvalue weighted by atomic mass is 16.5. The number of carboxylic acids is 1. The number of aromatic hydroxyl groups is 1. The summed E-state index contributed by atoms with van der Waals surface area (Å²) < 4.78 is 5.24. The number of phenols is 1. The van der Waals surface area contributed by atoms with E-state index in [4.69, 9.17) is 9.84 Å². The average molecular weight is 294 g/mol. The van der Waals surface area contributed by atoms with Crippen LogP contribution in [-0.2, 0) is 4.74 Å². The van der Waals surface area contributed by atoms with E-state index in [1.165, 1.54) is 18.2 Å². The average Bonchev–Trinajstić information content (AvgIpc) is 2.48. The summed E-state index contributed by atoms with van der Waals surface area (Å²) in [6, 6.07) is 3.49. The minimum atomic E-state index is -1.25. The molecule has 0 radical (unpaired) electrons. The highest BCUT2D eigenvalue weighted by Gasteiger charge is 2.15. The second-order valence-corrected chi connectivity index (χ2v) is 4.93. The fourth-order valence-corrected chi connectivity index (χ4v) is 2.15. The number of rotatable bonds is 4. The Kier molecular flexibility index (Phi) is 4.99. The van der Waals surface area contributed by atoms with Crippen molar-refractivity contribution in [2.75, 3.05) is 25.1 Å². The largest absolute Gasteiger partial charge is 0.507 e. The number of hydrogen-bond donors (Lipinski definition) is 4. The van der Waals surface area contributed by atoms with Crippen LogP contribution in [-0.4, -0.2) is 42.0 Å². The van der Waals surface area contributed by atoms with E-state index in [-0.39, 0.29) is 11.3 Å². The van der Waals surface area contributed by atoms with Crippen molar-refractivity contribution in [3.8, 4) is 5.75 Å². The minimum Gasteiger partial charge on any atom is -0.507 e. The summed E-state index contributed by atoms with van der Waals surface area (Å²) in [7, 11) is 0. The van der Waals surface area contributed by atoms with Crippen molar-refractivity contribution in [2.45, 2.75) is 12.8 Å². The molecule has 0 unspecified atom stereocenters. The van der Waals surface area contributed by atoms with Crippen LogP contribution in [0.15, 0.2) is 18.2 Å².